The summed E-state index contributed by atoms with van der Waals surface area (Å²) in [7, 11) is -3.48. The van der Waals surface area contributed by atoms with Gasteiger partial charge in [-0.3, -0.25) is 4.79 Å². The third-order valence-electron chi connectivity index (χ3n) is 2.46. The fourth-order valence-electron chi connectivity index (χ4n) is 1.65. The minimum absolute atomic E-state index is 0.148. The molecule has 1 amide bonds. The highest BCUT2D eigenvalue weighted by Gasteiger charge is 2.09. The smallest absolute Gasteiger partial charge is 0.251 e. The predicted molar refractivity (Wildman–Crippen MR) is 78.1 cm³/mol. The van der Waals surface area contributed by atoms with Crippen LogP contribution in [-0.4, -0.2) is 38.2 Å². The van der Waals surface area contributed by atoms with Crippen LogP contribution in [0, 0.1) is 6.92 Å². The molecule has 0 aliphatic carbocycles. The molecular weight excluding hydrogens is 280 g/mol. The summed E-state index contributed by atoms with van der Waals surface area (Å²) in [5.74, 6) is 0.233. The number of carbonyl (C=O) groups is 1. The Morgan fingerprint density at radius 1 is 1.40 bits per heavy atom. The zero-order valence-electron chi connectivity index (χ0n) is 11.6. The number of aromatic nitrogens is 1. The van der Waals surface area contributed by atoms with Crippen molar-refractivity contribution in [1.82, 2.24) is 10.3 Å². The minimum Gasteiger partial charge on any atom is -0.370 e. The molecule has 1 aromatic rings. The Morgan fingerprint density at radius 2 is 2.10 bits per heavy atom. The zero-order chi connectivity index (χ0) is 15.2. The highest BCUT2D eigenvalue weighted by Crippen LogP contribution is 2.10. The molecule has 0 atom stereocenters. The van der Waals surface area contributed by atoms with Gasteiger partial charge in [0, 0.05) is 24.3 Å². The van der Waals surface area contributed by atoms with Gasteiger partial charge in [0.2, 0.25) is 10.0 Å². The number of pyridine rings is 1. The van der Waals surface area contributed by atoms with Crippen molar-refractivity contribution in [2.24, 2.45) is 5.14 Å². The Morgan fingerprint density at radius 3 is 2.70 bits per heavy atom. The Hall–Kier alpha value is -1.67. The molecule has 0 aliphatic heterocycles. The number of nitrogens with zero attached hydrogens (tertiary/aromatic N) is 1. The van der Waals surface area contributed by atoms with Gasteiger partial charge in [0.25, 0.3) is 5.91 Å². The van der Waals surface area contributed by atoms with Gasteiger partial charge in [0.1, 0.15) is 5.82 Å². The van der Waals surface area contributed by atoms with E-state index in [0.29, 0.717) is 17.9 Å². The van der Waals surface area contributed by atoms with Crippen molar-refractivity contribution in [3.8, 4) is 0 Å². The molecule has 0 aliphatic rings. The molecule has 0 spiro atoms. The van der Waals surface area contributed by atoms with Crippen LogP contribution in [0.1, 0.15) is 29.4 Å². The highest BCUT2D eigenvalue weighted by atomic mass is 32.2. The van der Waals surface area contributed by atoms with Gasteiger partial charge in [-0.05, 0) is 32.4 Å². The maximum Gasteiger partial charge on any atom is 0.251 e. The van der Waals surface area contributed by atoms with Crippen LogP contribution in [0.2, 0.25) is 0 Å². The lowest BCUT2D eigenvalue weighted by Gasteiger charge is -2.08. The minimum atomic E-state index is -3.48. The first-order valence-corrected chi connectivity index (χ1v) is 8.04. The van der Waals surface area contributed by atoms with E-state index in [1.54, 1.807) is 19.1 Å². The van der Waals surface area contributed by atoms with Crippen molar-refractivity contribution in [3.63, 3.8) is 0 Å². The van der Waals surface area contributed by atoms with Gasteiger partial charge in [-0.2, -0.15) is 0 Å². The topological polar surface area (TPSA) is 114 Å². The second-order valence-corrected chi connectivity index (χ2v) is 6.12. The molecule has 0 bridgehead atoms. The number of rotatable bonds is 7. The number of hydrogen-bond acceptors (Lipinski definition) is 5. The van der Waals surface area contributed by atoms with Crippen LogP contribution in [0.3, 0.4) is 0 Å². The lowest BCUT2D eigenvalue weighted by Crippen LogP contribution is -2.27. The van der Waals surface area contributed by atoms with E-state index >= 15 is 0 Å². The predicted octanol–water partition coefficient (Wildman–Crippen LogP) is 0.230. The molecule has 0 aromatic carbocycles. The van der Waals surface area contributed by atoms with E-state index in [9.17, 15) is 13.2 Å². The van der Waals surface area contributed by atoms with E-state index in [2.05, 4.69) is 15.6 Å². The van der Waals surface area contributed by atoms with E-state index < -0.39 is 10.0 Å². The fourth-order valence-corrected chi connectivity index (χ4v) is 2.20. The van der Waals surface area contributed by atoms with E-state index in [0.717, 1.165) is 5.69 Å². The lowest BCUT2D eigenvalue weighted by atomic mass is 10.2. The molecule has 4 N–H and O–H groups in total. The number of nitrogens with one attached hydrogen (secondary N) is 2. The van der Waals surface area contributed by atoms with Gasteiger partial charge in [0.15, 0.2) is 0 Å². The molecule has 0 saturated carbocycles. The Labute approximate surface area is 119 Å². The maximum atomic E-state index is 11.9. The van der Waals surface area contributed by atoms with E-state index in [4.69, 9.17) is 5.14 Å². The van der Waals surface area contributed by atoms with Gasteiger partial charge in [-0.25, -0.2) is 18.5 Å². The summed E-state index contributed by atoms with van der Waals surface area (Å²) >= 11 is 0. The monoisotopic (exact) mass is 300 g/mol. The normalized spacial score (nSPS) is 11.2. The van der Waals surface area contributed by atoms with Gasteiger partial charge in [0.05, 0.1) is 5.75 Å². The van der Waals surface area contributed by atoms with E-state index in [1.807, 2.05) is 6.92 Å². The molecule has 1 heterocycles. The number of nitrogens with two attached hydrogens (primary N) is 1. The second kappa shape index (κ2) is 7.20. The quantitative estimate of drug-likeness (QED) is 0.624. The number of primary sulfonamides is 1. The third kappa shape index (κ3) is 5.98. The highest BCUT2D eigenvalue weighted by molar-refractivity contribution is 7.89. The molecule has 0 unspecified atom stereocenters. The molecular formula is C12H20N4O3S. The number of amides is 1. The third-order valence-corrected chi connectivity index (χ3v) is 3.32. The number of anilines is 1. The molecule has 0 fully saturated rings. The Balaban J connectivity index is 2.59. The molecule has 7 nitrogen and oxygen atoms in total. The molecule has 0 saturated heterocycles. The van der Waals surface area contributed by atoms with Crippen LogP contribution >= 0.6 is 0 Å². The van der Waals surface area contributed by atoms with Crippen molar-refractivity contribution >= 4 is 21.7 Å². The fraction of sp³-hybridized carbons (Fsp3) is 0.500. The maximum absolute atomic E-state index is 11.9. The van der Waals surface area contributed by atoms with Crippen LogP contribution in [0.25, 0.3) is 0 Å². The van der Waals surface area contributed by atoms with Gasteiger partial charge >= 0.3 is 0 Å². The lowest BCUT2D eigenvalue weighted by molar-refractivity contribution is 0.0953. The second-order valence-electron chi connectivity index (χ2n) is 4.39. The van der Waals surface area contributed by atoms with Crippen LogP contribution in [0.15, 0.2) is 12.1 Å². The SMILES string of the molecule is CCNc1cc(C(=O)NCCCS(N)(=O)=O)cc(C)n1. The first-order chi connectivity index (χ1) is 9.31. The first-order valence-electron chi connectivity index (χ1n) is 6.33. The summed E-state index contributed by atoms with van der Waals surface area (Å²) in [6.45, 7) is 4.72. The largest absolute Gasteiger partial charge is 0.370 e. The average Bonchev–Trinajstić information content (AvgIpc) is 2.33. The van der Waals surface area contributed by atoms with Crippen LogP contribution in [0.5, 0.6) is 0 Å². The molecule has 1 rings (SSSR count). The van der Waals surface area contributed by atoms with E-state index in [-0.39, 0.29) is 24.6 Å². The summed E-state index contributed by atoms with van der Waals surface area (Å²) < 4.78 is 21.5. The summed E-state index contributed by atoms with van der Waals surface area (Å²) in [4.78, 5) is 16.2. The number of carbonyl (C=O) groups excluding carboxylic acids is 1. The van der Waals surface area contributed by atoms with Crippen molar-refractivity contribution in [2.75, 3.05) is 24.2 Å². The molecule has 0 radical (unpaired) electrons. The summed E-state index contributed by atoms with van der Waals surface area (Å²) in [5, 5.41) is 10.6. The Bertz CT molecular complexity index is 572. The number of hydrogen-bond donors (Lipinski definition) is 3. The van der Waals surface area contributed by atoms with Gasteiger partial charge < -0.3 is 10.6 Å². The first kappa shape index (κ1) is 16.4. The molecule has 112 valence electrons. The average molecular weight is 300 g/mol. The van der Waals surface area contributed by atoms with Crippen molar-refractivity contribution in [2.45, 2.75) is 20.3 Å². The summed E-state index contributed by atoms with van der Waals surface area (Å²) in [6, 6.07) is 3.33. The standard InChI is InChI=1S/C12H20N4O3S/c1-3-14-11-8-10(7-9(2)16-11)12(17)15-5-4-6-20(13,18)19/h7-8H,3-6H2,1-2H3,(H,14,16)(H,15,17)(H2,13,18,19). The van der Waals surface area contributed by atoms with E-state index in [1.165, 1.54) is 0 Å². The van der Waals surface area contributed by atoms with Gasteiger partial charge in [-0.15, -0.1) is 0 Å². The van der Waals surface area contributed by atoms with Crippen molar-refractivity contribution in [1.29, 1.82) is 0 Å². The summed E-state index contributed by atoms with van der Waals surface area (Å²) in [6.07, 6.45) is 0.286. The zero-order valence-corrected chi connectivity index (χ0v) is 12.5. The van der Waals surface area contributed by atoms with Crippen LogP contribution < -0.4 is 15.8 Å². The number of sulfonamides is 1. The Kier molecular flexibility index (Phi) is 5.90. The van der Waals surface area contributed by atoms with Crippen molar-refractivity contribution in [3.05, 3.63) is 23.4 Å². The number of aryl methyl sites for hydroxylation is 1. The molecule has 1 aromatic heterocycles. The van der Waals surface area contributed by atoms with Gasteiger partial charge in [-0.1, -0.05) is 0 Å². The van der Waals surface area contributed by atoms with Crippen LogP contribution in [0.4, 0.5) is 5.82 Å². The summed E-state index contributed by atoms with van der Waals surface area (Å²) in [5.41, 5.74) is 1.22. The van der Waals surface area contributed by atoms with Crippen molar-refractivity contribution < 1.29 is 13.2 Å². The van der Waals surface area contributed by atoms with Crippen LogP contribution in [-0.2, 0) is 10.0 Å². The molecule has 20 heavy (non-hydrogen) atoms. The molecule has 8 heteroatoms.